The molecule has 2 atom stereocenters. The van der Waals surface area contributed by atoms with Gasteiger partial charge in [-0.15, -0.1) is 0 Å². The Morgan fingerprint density at radius 3 is 2.30 bits per heavy atom. The molecule has 1 saturated heterocycles. The molecule has 1 fully saturated rings. The van der Waals surface area contributed by atoms with Crippen molar-refractivity contribution in [2.45, 2.75) is 25.5 Å². The standard InChI is InChI=1S/C27H27NO5/c1-31-26-21(13-8-14-24(26)32-17-20-11-6-3-7-12-20)16-22(15-19-9-4-2-5-10-19)25(29)23-18-33-27(30)28-23/h2-14,22-23H,15-18H2,1H3,(H,28,30). The summed E-state index contributed by atoms with van der Waals surface area (Å²) in [5.74, 6) is 0.827. The summed E-state index contributed by atoms with van der Waals surface area (Å²) in [6.45, 7) is 0.471. The van der Waals surface area contributed by atoms with Crippen LogP contribution in [0.2, 0.25) is 0 Å². The molecule has 0 bridgehead atoms. The van der Waals surface area contributed by atoms with E-state index in [0.717, 1.165) is 16.7 Å². The van der Waals surface area contributed by atoms with Crippen molar-refractivity contribution in [3.8, 4) is 11.5 Å². The van der Waals surface area contributed by atoms with Crippen LogP contribution < -0.4 is 14.8 Å². The normalized spacial score (nSPS) is 15.9. The molecule has 33 heavy (non-hydrogen) atoms. The van der Waals surface area contributed by atoms with Gasteiger partial charge in [0.1, 0.15) is 19.3 Å². The summed E-state index contributed by atoms with van der Waals surface area (Å²) in [7, 11) is 1.60. The second kappa shape index (κ2) is 10.7. The second-order valence-corrected chi connectivity index (χ2v) is 8.01. The number of nitrogens with one attached hydrogen (secondary N) is 1. The number of Topliss-reactive ketones (excluding diaryl/α,β-unsaturated/α-hetero) is 1. The van der Waals surface area contributed by atoms with E-state index in [-0.39, 0.29) is 18.3 Å². The van der Waals surface area contributed by atoms with Gasteiger partial charge in [-0.2, -0.15) is 0 Å². The number of ether oxygens (including phenoxy) is 3. The quantitative estimate of drug-likeness (QED) is 0.502. The topological polar surface area (TPSA) is 73.9 Å². The third-order valence-corrected chi connectivity index (χ3v) is 5.71. The molecule has 6 nitrogen and oxygen atoms in total. The molecule has 1 aliphatic rings. The van der Waals surface area contributed by atoms with E-state index >= 15 is 0 Å². The number of cyclic esters (lactones) is 1. The monoisotopic (exact) mass is 445 g/mol. The molecule has 3 aromatic carbocycles. The number of carbonyl (C=O) groups is 2. The number of alkyl carbamates (subject to hydrolysis) is 1. The highest BCUT2D eigenvalue weighted by Gasteiger charge is 2.34. The van der Waals surface area contributed by atoms with Crippen molar-refractivity contribution in [2.24, 2.45) is 5.92 Å². The number of hydrogen-bond donors (Lipinski definition) is 1. The van der Waals surface area contributed by atoms with Gasteiger partial charge in [-0.3, -0.25) is 4.79 Å². The van der Waals surface area contributed by atoms with E-state index in [1.165, 1.54) is 0 Å². The first-order valence-corrected chi connectivity index (χ1v) is 11.0. The molecule has 3 aromatic rings. The summed E-state index contributed by atoms with van der Waals surface area (Å²) < 4.78 is 16.7. The molecule has 0 aliphatic carbocycles. The van der Waals surface area contributed by atoms with E-state index in [1.54, 1.807) is 7.11 Å². The van der Waals surface area contributed by atoms with E-state index in [0.29, 0.717) is 30.9 Å². The third kappa shape index (κ3) is 5.71. The van der Waals surface area contributed by atoms with Crippen LogP contribution in [0.4, 0.5) is 4.79 Å². The molecule has 1 amide bonds. The molecule has 1 heterocycles. The minimum atomic E-state index is -0.644. The van der Waals surface area contributed by atoms with Crippen molar-refractivity contribution in [3.05, 3.63) is 95.6 Å². The highest BCUT2D eigenvalue weighted by molar-refractivity contribution is 5.91. The predicted octanol–water partition coefficient (Wildman–Crippen LogP) is 4.35. The third-order valence-electron chi connectivity index (χ3n) is 5.71. The van der Waals surface area contributed by atoms with Gasteiger partial charge in [0.2, 0.25) is 0 Å². The van der Waals surface area contributed by atoms with Gasteiger partial charge in [0.05, 0.1) is 7.11 Å². The molecule has 1 aliphatic heterocycles. The first-order valence-electron chi connectivity index (χ1n) is 11.0. The number of para-hydroxylation sites is 1. The van der Waals surface area contributed by atoms with Gasteiger partial charge >= 0.3 is 6.09 Å². The molecule has 170 valence electrons. The summed E-state index contributed by atoms with van der Waals surface area (Å²) in [5.41, 5.74) is 2.98. The number of rotatable bonds is 10. The van der Waals surface area contributed by atoms with Gasteiger partial charge < -0.3 is 19.5 Å². The first-order chi connectivity index (χ1) is 16.1. The number of benzene rings is 3. The van der Waals surface area contributed by atoms with Crippen LogP contribution in [-0.4, -0.2) is 31.6 Å². The summed E-state index contributed by atoms with van der Waals surface area (Å²) >= 11 is 0. The van der Waals surface area contributed by atoms with Crippen LogP contribution in [-0.2, 0) is 29.0 Å². The lowest BCUT2D eigenvalue weighted by Crippen LogP contribution is -2.40. The zero-order valence-corrected chi connectivity index (χ0v) is 18.5. The van der Waals surface area contributed by atoms with Crippen molar-refractivity contribution in [3.63, 3.8) is 0 Å². The Kier molecular flexibility index (Phi) is 7.25. The average Bonchev–Trinajstić information content (AvgIpc) is 3.29. The van der Waals surface area contributed by atoms with Gasteiger partial charge in [0.25, 0.3) is 0 Å². The molecule has 0 saturated carbocycles. The minimum Gasteiger partial charge on any atom is -0.493 e. The maximum Gasteiger partial charge on any atom is 0.407 e. The van der Waals surface area contributed by atoms with Crippen molar-refractivity contribution in [1.82, 2.24) is 5.32 Å². The van der Waals surface area contributed by atoms with Crippen molar-refractivity contribution >= 4 is 11.9 Å². The highest BCUT2D eigenvalue weighted by atomic mass is 16.6. The summed E-state index contributed by atoms with van der Waals surface area (Å²) in [6.07, 6.45) is 0.441. The number of ketones is 1. The van der Waals surface area contributed by atoms with Crippen LogP contribution in [0, 0.1) is 5.92 Å². The molecule has 0 radical (unpaired) electrons. The Morgan fingerprint density at radius 2 is 1.67 bits per heavy atom. The van der Waals surface area contributed by atoms with Gasteiger partial charge in [0, 0.05) is 5.92 Å². The van der Waals surface area contributed by atoms with E-state index in [1.807, 2.05) is 78.9 Å². The second-order valence-electron chi connectivity index (χ2n) is 8.01. The largest absolute Gasteiger partial charge is 0.493 e. The van der Waals surface area contributed by atoms with Crippen LogP contribution in [0.1, 0.15) is 16.7 Å². The van der Waals surface area contributed by atoms with Crippen molar-refractivity contribution < 1.29 is 23.8 Å². The fraction of sp³-hybridized carbons (Fsp3) is 0.259. The summed E-state index contributed by atoms with van der Waals surface area (Å²) in [5, 5.41) is 2.62. The van der Waals surface area contributed by atoms with E-state index in [9.17, 15) is 9.59 Å². The van der Waals surface area contributed by atoms with E-state index in [4.69, 9.17) is 14.2 Å². The number of methoxy groups -OCH3 is 1. The Hall–Kier alpha value is -3.80. The van der Waals surface area contributed by atoms with Crippen LogP contribution in [0.3, 0.4) is 0 Å². The predicted molar refractivity (Wildman–Crippen MR) is 124 cm³/mol. The zero-order chi connectivity index (χ0) is 23.0. The minimum absolute atomic E-state index is 0.0534. The lowest BCUT2D eigenvalue weighted by atomic mass is 9.86. The fourth-order valence-electron chi connectivity index (χ4n) is 4.06. The van der Waals surface area contributed by atoms with Gasteiger partial charge in [-0.25, -0.2) is 4.79 Å². The smallest absolute Gasteiger partial charge is 0.407 e. The zero-order valence-electron chi connectivity index (χ0n) is 18.5. The molecular weight excluding hydrogens is 418 g/mol. The maximum absolute atomic E-state index is 13.3. The lowest BCUT2D eigenvalue weighted by molar-refractivity contribution is -0.124. The Morgan fingerprint density at radius 1 is 0.970 bits per heavy atom. The molecule has 6 heteroatoms. The van der Waals surface area contributed by atoms with Crippen molar-refractivity contribution in [2.75, 3.05) is 13.7 Å². The number of carbonyl (C=O) groups excluding carboxylic acids is 2. The summed E-state index contributed by atoms with van der Waals surface area (Å²) in [4.78, 5) is 24.8. The van der Waals surface area contributed by atoms with Crippen LogP contribution in [0.15, 0.2) is 78.9 Å². The molecule has 1 N–H and O–H groups in total. The van der Waals surface area contributed by atoms with Gasteiger partial charge in [-0.1, -0.05) is 72.8 Å². The van der Waals surface area contributed by atoms with Crippen LogP contribution in [0.25, 0.3) is 0 Å². The van der Waals surface area contributed by atoms with E-state index in [2.05, 4.69) is 5.32 Å². The SMILES string of the molecule is COc1c(CC(Cc2ccccc2)C(=O)C2COC(=O)N2)cccc1OCc1ccccc1. The highest BCUT2D eigenvalue weighted by Crippen LogP contribution is 2.34. The molecule has 0 spiro atoms. The number of amides is 1. The Labute approximate surface area is 193 Å². The Bertz CT molecular complexity index is 1080. The van der Waals surface area contributed by atoms with Crippen LogP contribution in [0.5, 0.6) is 11.5 Å². The number of hydrogen-bond acceptors (Lipinski definition) is 5. The molecule has 4 rings (SSSR count). The van der Waals surface area contributed by atoms with Crippen LogP contribution >= 0.6 is 0 Å². The fourth-order valence-corrected chi connectivity index (χ4v) is 4.06. The Balaban J connectivity index is 1.56. The lowest BCUT2D eigenvalue weighted by Gasteiger charge is -2.21. The molecule has 2 unspecified atom stereocenters. The average molecular weight is 446 g/mol. The van der Waals surface area contributed by atoms with Gasteiger partial charge in [-0.05, 0) is 35.6 Å². The van der Waals surface area contributed by atoms with Gasteiger partial charge in [0.15, 0.2) is 17.3 Å². The summed E-state index contributed by atoms with van der Waals surface area (Å²) in [6, 6.07) is 24.8. The van der Waals surface area contributed by atoms with E-state index < -0.39 is 12.1 Å². The maximum atomic E-state index is 13.3. The molecular formula is C27H27NO5. The van der Waals surface area contributed by atoms with Crippen molar-refractivity contribution in [1.29, 1.82) is 0 Å². The molecule has 0 aromatic heterocycles. The first kappa shape index (κ1) is 22.4.